The second kappa shape index (κ2) is 6.21. The van der Waals surface area contributed by atoms with E-state index in [1.807, 2.05) is 0 Å². The van der Waals surface area contributed by atoms with Gasteiger partial charge in [-0.3, -0.25) is 4.79 Å². The largest absolute Gasteiger partial charge is 0.465 e. The normalized spacial score (nSPS) is 17.7. The average Bonchev–Trinajstić information content (AvgIpc) is 2.21. The van der Waals surface area contributed by atoms with Crippen molar-refractivity contribution in [3.8, 4) is 0 Å². The van der Waals surface area contributed by atoms with Crippen molar-refractivity contribution in [1.29, 1.82) is 0 Å². The summed E-state index contributed by atoms with van der Waals surface area (Å²) in [7, 11) is 0. The van der Waals surface area contributed by atoms with Crippen molar-refractivity contribution in [2.45, 2.75) is 40.7 Å². The Hall–Kier alpha value is -0.610. The van der Waals surface area contributed by atoms with E-state index in [4.69, 9.17) is 9.84 Å². The van der Waals surface area contributed by atoms with E-state index in [1.54, 1.807) is 34.6 Å². The second-order valence-electron chi connectivity index (χ2n) is 5.48. The molecule has 0 saturated heterocycles. The van der Waals surface area contributed by atoms with E-state index in [0.29, 0.717) is 0 Å². The zero-order valence-corrected chi connectivity index (χ0v) is 10.9. The number of carbonyl (C=O) groups excluding carboxylic acids is 1. The molecule has 96 valence electrons. The number of hydrogen-bond donors (Lipinski definition) is 2. The van der Waals surface area contributed by atoms with Gasteiger partial charge in [-0.15, -0.1) is 0 Å². The summed E-state index contributed by atoms with van der Waals surface area (Å²) in [5, 5.41) is 18.6. The molecule has 0 unspecified atom stereocenters. The van der Waals surface area contributed by atoms with Crippen LogP contribution >= 0.6 is 0 Å². The first-order chi connectivity index (χ1) is 7.20. The molecule has 0 aromatic rings. The Labute approximate surface area is 97.6 Å². The SMILES string of the molecule is C[C@@H](CO)[C@@H](O)[C@@H](C)COC(=O)C(C)(C)C. The molecule has 16 heavy (non-hydrogen) atoms. The minimum absolute atomic E-state index is 0.0707. The number of rotatable bonds is 5. The smallest absolute Gasteiger partial charge is 0.311 e. The minimum Gasteiger partial charge on any atom is -0.465 e. The van der Waals surface area contributed by atoms with Gasteiger partial charge in [0.05, 0.1) is 18.1 Å². The minimum atomic E-state index is -0.655. The summed E-state index contributed by atoms with van der Waals surface area (Å²) in [4.78, 5) is 11.5. The molecule has 0 bridgehead atoms. The third kappa shape index (κ3) is 4.94. The molecule has 4 nitrogen and oxygen atoms in total. The van der Waals surface area contributed by atoms with Crippen LogP contribution in [0.15, 0.2) is 0 Å². The molecule has 0 aromatic heterocycles. The van der Waals surface area contributed by atoms with E-state index in [9.17, 15) is 9.90 Å². The summed E-state index contributed by atoms with van der Waals surface area (Å²) in [5.41, 5.74) is -0.521. The van der Waals surface area contributed by atoms with E-state index in [-0.39, 0.29) is 31.0 Å². The van der Waals surface area contributed by atoms with E-state index < -0.39 is 11.5 Å². The molecule has 0 amide bonds. The number of carbonyl (C=O) groups is 1. The monoisotopic (exact) mass is 232 g/mol. The van der Waals surface area contributed by atoms with Crippen LogP contribution < -0.4 is 0 Å². The molecular weight excluding hydrogens is 208 g/mol. The summed E-state index contributed by atoms with van der Waals surface area (Å²) in [6.07, 6.45) is -0.655. The molecule has 0 aliphatic heterocycles. The molecule has 0 aliphatic rings. The van der Waals surface area contributed by atoms with Crippen LogP contribution in [0.2, 0.25) is 0 Å². The van der Waals surface area contributed by atoms with Gasteiger partial charge in [-0.25, -0.2) is 0 Å². The van der Waals surface area contributed by atoms with Crippen LogP contribution in [0.1, 0.15) is 34.6 Å². The van der Waals surface area contributed by atoms with Gasteiger partial charge in [-0.2, -0.15) is 0 Å². The first kappa shape index (κ1) is 15.4. The lowest BCUT2D eigenvalue weighted by Gasteiger charge is -2.24. The van der Waals surface area contributed by atoms with Gasteiger partial charge in [0, 0.05) is 18.4 Å². The number of ether oxygens (including phenoxy) is 1. The average molecular weight is 232 g/mol. The predicted molar refractivity (Wildman–Crippen MR) is 61.8 cm³/mol. The Morgan fingerprint density at radius 1 is 1.25 bits per heavy atom. The van der Waals surface area contributed by atoms with Gasteiger partial charge in [0.1, 0.15) is 0 Å². The lowest BCUT2D eigenvalue weighted by Crippen LogP contribution is -2.33. The third-order valence-corrected chi connectivity index (χ3v) is 2.54. The van der Waals surface area contributed by atoms with E-state index in [0.717, 1.165) is 0 Å². The number of aliphatic hydroxyl groups excluding tert-OH is 2. The van der Waals surface area contributed by atoms with Gasteiger partial charge < -0.3 is 14.9 Å². The number of aliphatic hydroxyl groups is 2. The lowest BCUT2D eigenvalue weighted by atomic mass is 9.94. The first-order valence-electron chi connectivity index (χ1n) is 5.66. The predicted octanol–water partition coefficient (Wildman–Crippen LogP) is 1.20. The van der Waals surface area contributed by atoms with E-state index in [2.05, 4.69) is 0 Å². The highest BCUT2D eigenvalue weighted by molar-refractivity contribution is 5.75. The molecule has 0 aromatic carbocycles. The molecule has 0 spiro atoms. The van der Waals surface area contributed by atoms with Crippen LogP contribution in [0.3, 0.4) is 0 Å². The first-order valence-corrected chi connectivity index (χ1v) is 5.66. The molecule has 3 atom stereocenters. The number of hydrogen-bond acceptors (Lipinski definition) is 4. The van der Waals surface area contributed by atoms with E-state index in [1.165, 1.54) is 0 Å². The Bertz CT molecular complexity index is 220. The molecule has 0 aliphatic carbocycles. The van der Waals surface area contributed by atoms with Gasteiger partial charge in [0.15, 0.2) is 0 Å². The van der Waals surface area contributed by atoms with Crippen LogP contribution in [0.25, 0.3) is 0 Å². The summed E-state index contributed by atoms with van der Waals surface area (Å²) < 4.78 is 5.10. The Morgan fingerprint density at radius 2 is 1.75 bits per heavy atom. The zero-order valence-electron chi connectivity index (χ0n) is 10.9. The van der Waals surface area contributed by atoms with Crippen molar-refractivity contribution in [2.24, 2.45) is 17.3 Å². The molecular formula is C12H24O4. The fourth-order valence-corrected chi connectivity index (χ4v) is 1.19. The van der Waals surface area contributed by atoms with Crippen molar-refractivity contribution < 1.29 is 19.7 Å². The third-order valence-electron chi connectivity index (χ3n) is 2.54. The lowest BCUT2D eigenvalue weighted by molar-refractivity contribution is -0.155. The Balaban J connectivity index is 4.08. The highest BCUT2D eigenvalue weighted by atomic mass is 16.5. The standard InChI is InChI=1S/C12H24O4/c1-8(6-13)10(14)9(2)7-16-11(15)12(3,4)5/h8-10,13-14H,6-7H2,1-5H3/t8-,9-,10+/m0/s1. The molecule has 0 heterocycles. The van der Waals surface area contributed by atoms with Crippen LogP contribution in [-0.4, -0.2) is 35.5 Å². The van der Waals surface area contributed by atoms with Crippen LogP contribution in [0, 0.1) is 17.3 Å². The molecule has 0 rings (SSSR count). The van der Waals surface area contributed by atoms with Crippen LogP contribution in [0.5, 0.6) is 0 Å². The fraction of sp³-hybridized carbons (Fsp3) is 0.917. The molecule has 0 fully saturated rings. The Morgan fingerprint density at radius 3 is 2.12 bits per heavy atom. The van der Waals surface area contributed by atoms with Crippen molar-refractivity contribution in [3.05, 3.63) is 0 Å². The van der Waals surface area contributed by atoms with Gasteiger partial charge in [-0.1, -0.05) is 13.8 Å². The fourth-order valence-electron chi connectivity index (χ4n) is 1.19. The summed E-state index contributed by atoms with van der Waals surface area (Å²) in [6, 6.07) is 0. The van der Waals surface area contributed by atoms with Crippen molar-refractivity contribution in [3.63, 3.8) is 0 Å². The molecule has 4 heteroatoms. The van der Waals surface area contributed by atoms with Crippen LogP contribution in [-0.2, 0) is 9.53 Å². The van der Waals surface area contributed by atoms with Crippen molar-refractivity contribution in [2.75, 3.05) is 13.2 Å². The highest BCUT2D eigenvalue weighted by Gasteiger charge is 2.26. The second-order valence-corrected chi connectivity index (χ2v) is 5.48. The molecule has 0 radical (unpaired) electrons. The maximum absolute atomic E-state index is 11.5. The zero-order chi connectivity index (χ0) is 12.9. The van der Waals surface area contributed by atoms with Crippen molar-refractivity contribution in [1.82, 2.24) is 0 Å². The van der Waals surface area contributed by atoms with Gasteiger partial charge in [0.2, 0.25) is 0 Å². The number of esters is 1. The summed E-state index contributed by atoms with van der Waals surface area (Å²) in [5.74, 6) is -0.653. The topological polar surface area (TPSA) is 66.8 Å². The van der Waals surface area contributed by atoms with E-state index >= 15 is 0 Å². The molecule has 2 N–H and O–H groups in total. The summed E-state index contributed by atoms with van der Waals surface area (Å²) >= 11 is 0. The maximum atomic E-state index is 11.5. The van der Waals surface area contributed by atoms with Crippen LogP contribution in [0.4, 0.5) is 0 Å². The Kier molecular flexibility index (Phi) is 5.97. The van der Waals surface area contributed by atoms with Gasteiger partial charge >= 0.3 is 5.97 Å². The highest BCUT2D eigenvalue weighted by Crippen LogP contribution is 2.18. The van der Waals surface area contributed by atoms with Gasteiger partial charge in [0.25, 0.3) is 0 Å². The quantitative estimate of drug-likeness (QED) is 0.699. The molecule has 0 saturated carbocycles. The van der Waals surface area contributed by atoms with Gasteiger partial charge in [-0.05, 0) is 20.8 Å². The van der Waals surface area contributed by atoms with Crippen molar-refractivity contribution >= 4 is 5.97 Å². The summed E-state index contributed by atoms with van der Waals surface area (Å²) in [6.45, 7) is 9.02. The maximum Gasteiger partial charge on any atom is 0.311 e.